The van der Waals surface area contributed by atoms with E-state index in [2.05, 4.69) is 0 Å². The van der Waals surface area contributed by atoms with E-state index in [1.807, 2.05) is 0 Å². The molecule has 0 bridgehead atoms. The molecule has 0 saturated heterocycles. The van der Waals surface area contributed by atoms with E-state index in [1.165, 1.54) is 12.1 Å². The molecule has 2 aromatic carbocycles. The van der Waals surface area contributed by atoms with E-state index < -0.39 is 41.1 Å². The molecule has 0 heterocycles. The smallest absolute Gasteiger partial charge is 0.289 e. The van der Waals surface area contributed by atoms with Crippen molar-refractivity contribution in [2.24, 2.45) is 0 Å². The molecule has 2 fully saturated rings. The molecule has 0 amide bonds. The minimum Gasteiger partial charge on any atom is -0.289 e. The maximum atomic E-state index is 13.6. The molecule has 0 aliphatic heterocycles. The summed E-state index contributed by atoms with van der Waals surface area (Å²) >= 11 is 0. The van der Waals surface area contributed by atoms with Crippen molar-refractivity contribution in [2.75, 3.05) is 0 Å². The highest BCUT2D eigenvalue weighted by atomic mass is 19.4. The summed E-state index contributed by atoms with van der Waals surface area (Å²) in [5.74, 6) is -1.56. The van der Waals surface area contributed by atoms with Crippen LogP contribution >= 0.6 is 0 Å². The Kier molecular flexibility index (Phi) is 5.19. The minimum atomic E-state index is -4.63. The fraction of sp³-hybridized carbons (Fsp3) is 0.435. The van der Waals surface area contributed by atoms with Gasteiger partial charge in [-0.25, -0.2) is 0 Å². The molecule has 0 unspecified atom stereocenters. The van der Waals surface area contributed by atoms with Gasteiger partial charge in [-0.15, -0.1) is 0 Å². The topological polar surface area (TPSA) is 17.1 Å². The Hall–Kier alpha value is -2.31. The summed E-state index contributed by atoms with van der Waals surface area (Å²) in [6, 6.07) is 6.85. The summed E-state index contributed by atoms with van der Waals surface area (Å²) in [6.45, 7) is 0. The molecular formula is C23H20F6O. The number of benzene rings is 2. The Morgan fingerprint density at radius 1 is 0.667 bits per heavy atom. The van der Waals surface area contributed by atoms with E-state index in [1.54, 1.807) is 0 Å². The maximum absolute atomic E-state index is 13.6. The Balaban J connectivity index is 1.89. The number of alkyl halides is 6. The molecule has 30 heavy (non-hydrogen) atoms. The van der Waals surface area contributed by atoms with Gasteiger partial charge >= 0.3 is 12.4 Å². The van der Waals surface area contributed by atoms with E-state index in [0.717, 1.165) is 37.1 Å². The average Bonchev–Trinajstić information content (AvgIpc) is 2.56. The molecule has 4 rings (SSSR count). The van der Waals surface area contributed by atoms with Gasteiger partial charge in [0.2, 0.25) is 0 Å². The van der Waals surface area contributed by atoms with E-state index in [0.29, 0.717) is 25.7 Å². The lowest BCUT2D eigenvalue weighted by Gasteiger charge is -2.32. The quantitative estimate of drug-likeness (QED) is 0.366. The number of carbonyl (C=O) groups is 1. The Morgan fingerprint density at radius 2 is 1.03 bits per heavy atom. The molecule has 2 aliphatic carbocycles. The minimum absolute atomic E-state index is 0.0711. The van der Waals surface area contributed by atoms with Crippen LogP contribution in [0.1, 0.15) is 88.5 Å². The third kappa shape index (κ3) is 3.63. The van der Waals surface area contributed by atoms with Crippen LogP contribution in [-0.2, 0) is 12.4 Å². The number of halogens is 6. The Morgan fingerprint density at radius 3 is 1.30 bits per heavy atom. The molecule has 7 heteroatoms. The van der Waals surface area contributed by atoms with Crippen LogP contribution < -0.4 is 0 Å². The first kappa shape index (κ1) is 20.9. The van der Waals surface area contributed by atoms with Crippen molar-refractivity contribution in [1.29, 1.82) is 0 Å². The second-order valence-electron chi connectivity index (χ2n) is 8.11. The van der Waals surface area contributed by atoms with E-state index >= 15 is 0 Å². The van der Waals surface area contributed by atoms with Gasteiger partial charge in [-0.2, -0.15) is 26.3 Å². The zero-order chi connectivity index (χ0) is 21.7. The fourth-order valence-electron chi connectivity index (χ4n) is 4.44. The molecule has 1 nitrogen and oxygen atoms in total. The molecule has 160 valence electrons. The number of carbonyl (C=O) groups excluding carboxylic acids is 1. The van der Waals surface area contributed by atoms with Gasteiger partial charge in [-0.1, -0.05) is 37.1 Å². The summed E-state index contributed by atoms with van der Waals surface area (Å²) in [6.07, 6.45) is -5.60. The molecular weight excluding hydrogens is 406 g/mol. The van der Waals surface area contributed by atoms with Gasteiger partial charge in [0.05, 0.1) is 11.1 Å². The van der Waals surface area contributed by atoms with Gasteiger partial charge < -0.3 is 0 Å². The Labute approximate surface area is 170 Å². The highest BCUT2D eigenvalue weighted by molar-refractivity contribution is 6.11. The summed E-state index contributed by atoms with van der Waals surface area (Å²) < 4.78 is 81.9. The molecule has 0 N–H and O–H groups in total. The zero-order valence-electron chi connectivity index (χ0n) is 16.0. The van der Waals surface area contributed by atoms with Gasteiger partial charge in [0.25, 0.3) is 0 Å². The lowest BCUT2D eigenvalue weighted by Crippen LogP contribution is -2.23. The predicted octanol–water partition coefficient (Wildman–Crippen LogP) is 7.49. The van der Waals surface area contributed by atoms with Crippen LogP contribution in [0.5, 0.6) is 0 Å². The third-order valence-electron chi connectivity index (χ3n) is 6.34. The highest BCUT2D eigenvalue weighted by Crippen LogP contribution is 2.47. The van der Waals surface area contributed by atoms with Crippen molar-refractivity contribution < 1.29 is 31.1 Å². The van der Waals surface area contributed by atoms with Crippen LogP contribution in [0, 0.1) is 0 Å². The largest absolute Gasteiger partial charge is 0.416 e. The van der Waals surface area contributed by atoms with E-state index in [-0.39, 0.29) is 22.3 Å². The molecule has 2 aromatic rings. The number of ketones is 1. The standard InChI is InChI=1S/C23H20F6O/c24-22(25,26)17-11-3-9-15(19(17)13-5-1-6-13)21(30)16-10-4-12-18(23(27,28)29)20(16)14-7-2-8-14/h3-4,9-14H,1-2,5-8H2. The summed E-state index contributed by atoms with van der Waals surface area (Å²) in [4.78, 5) is 13.4. The second kappa shape index (κ2) is 7.43. The van der Waals surface area contributed by atoms with Crippen molar-refractivity contribution in [3.63, 3.8) is 0 Å². The summed E-state index contributed by atoms with van der Waals surface area (Å²) in [5, 5.41) is 0. The number of hydrogen-bond donors (Lipinski definition) is 0. The molecule has 0 spiro atoms. The normalized spacial score (nSPS) is 18.1. The van der Waals surface area contributed by atoms with Crippen LogP contribution in [0.2, 0.25) is 0 Å². The first-order chi connectivity index (χ1) is 14.1. The number of hydrogen-bond acceptors (Lipinski definition) is 1. The van der Waals surface area contributed by atoms with Gasteiger partial charge in [-0.05, 0) is 60.8 Å². The van der Waals surface area contributed by atoms with Crippen molar-refractivity contribution in [1.82, 2.24) is 0 Å². The highest BCUT2D eigenvalue weighted by Gasteiger charge is 2.41. The van der Waals surface area contributed by atoms with Gasteiger partial charge in [0.15, 0.2) is 5.78 Å². The summed E-state index contributed by atoms with van der Waals surface area (Å²) in [7, 11) is 0. The van der Waals surface area contributed by atoms with Crippen molar-refractivity contribution in [3.8, 4) is 0 Å². The summed E-state index contributed by atoms with van der Waals surface area (Å²) in [5.41, 5.74) is -2.13. The molecule has 0 atom stereocenters. The van der Waals surface area contributed by atoms with Crippen molar-refractivity contribution in [2.45, 2.75) is 62.7 Å². The molecule has 2 aliphatic rings. The van der Waals surface area contributed by atoms with Gasteiger partial charge in [0, 0.05) is 11.1 Å². The van der Waals surface area contributed by atoms with Crippen LogP contribution in [0.15, 0.2) is 36.4 Å². The van der Waals surface area contributed by atoms with E-state index in [4.69, 9.17) is 0 Å². The first-order valence-electron chi connectivity index (χ1n) is 10.0. The zero-order valence-corrected chi connectivity index (χ0v) is 16.0. The van der Waals surface area contributed by atoms with Gasteiger partial charge in [-0.3, -0.25) is 4.79 Å². The SMILES string of the molecule is O=C(c1cccc(C(F)(F)F)c1C1CCC1)c1cccc(C(F)(F)F)c1C1CCC1. The molecule has 0 radical (unpaired) electrons. The maximum Gasteiger partial charge on any atom is 0.416 e. The van der Waals surface area contributed by atoms with Crippen molar-refractivity contribution in [3.05, 3.63) is 69.8 Å². The molecule has 0 aromatic heterocycles. The van der Waals surface area contributed by atoms with Crippen molar-refractivity contribution >= 4 is 5.78 Å². The van der Waals surface area contributed by atoms with Crippen LogP contribution in [-0.4, -0.2) is 5.78 Å². The molecule has 2 saturated carbocycles. The second-order valence-corrected chi connectivity index (χ2v) is 8.11. The van der Waals surface area contributed by atoms with Crippen LogP contribution in [0.4, 0.5) is 26.3 Å². The van der Waals surface area contributed by atoms with Crippen LogP contribution in [0.3, 0.4) is 0 Å². The Bertz CT molecular complexity index is 887. The van der Waals surface area contributed by atoms with E-state index in [9.17, 15) is 31.1 Å². The monoisotopic (exact) mass is 426 g/mol. The van der Waals surface area contributed by atoms with Crippen LogP contribution in [0.25, 0.3) is 0 Å². The number of rotatable bonds is 4. The van der Waals surface area contributed by atoms with Gasteiger partial charge in [0.1, 0.15) is 0 Å². The lowest BCUT2D eigenvalue weighted by molar-refractivity contribution is -0.139. The fourth-order valence-corrected chi connectivity index (χ4v) is 4.44. The average molecular weight is 426 g/mol. The predicted molar refractivity (Wildman–Crippen MR) is 99.5 cm³/mol. The first-order valence-corrected chi connectivity index (χ1v) is 10.0. The lowest BCUT2D eigenvalue weighted by atomic mass is 9.72. The third-order valence-corrected chi connectivity index (χ3v) is 6.34.